The van der Waals surface area contributed by atoms with E-state index in [1.807, 2.05) is 69.2 Å². The highest BCUT2D eigenvalue weighted by molar-refractivity contribution is 5.72. The first-order valence-electron chi connectivity index (χ1n) is 16.1. The molecule has 0 N–H and O–H groups in total. The summed E-state index contributed by atoms with van der Waals surface area (Å²) in [6.07, 6.45) is 7.40. The van der Waals surface area contributed by atoms with Crippen molar-refractivity contribution in [2.75, 3.05) is 26.9 Å². The van der Waals surface area contributed by atoms with Gasteiger partial charge in [0.1, 0.15) is 0 Å². The molecular weight excluding hydrogens is 664 g/mol. The van der Waals surface area contributed by atoms with Crippen LogP contribution in [0.1, 0.15) is 121 Å². The molecule has 0 aromatic rings. The van der Waals surface area contributed by atoms with Crippen molar-refractivity contribution in [3.63, 3.8) is 0 Å². The summed E-state index contributed by atoms with van der Waals surface area (Å²) in [7, 11) is 1.41. The molecule has 0 aliphatic heterocycles. The molecule has 0 aliphatic carbocycles. The Kier molecular flexibility index (Phi) is 76.5. The van der Waals surface area contributed by atoms with Crippen molar-refractivity contribution in [3.05, 3.63) is 0 Å². The van der Waals surface area contributed by atoms with Gasteiger partial charge in [-0.25, -0.2) is 0 Å². The highest BCUT2D eigenvalue weighted by Crippen LogP contribution is 2.04. The Hall–Kier alpha value is -4.60. The number of hydrogen-bond donors (Lipinski definition) is 0. The number of esters is 4. The zero-order valence-corrected chi connectivity index (χ0v) is 31.9. The summed E-state index contributed by atoms with van der Waals surface area (Å²) in [5.41, 5.74) is 0. The van der Waals surface area contributed by atoms with Crippen LogP contribution in [0, 0.1) is 23.7 Å². The summed E-state index contributed by atoms with van der Waals surface area (Å²) in [4.78, 5) is 108. The maximum atomic E-state index is 11.0. The average Bonchev–Trinajstić information content (AvgIpc) is 3.11. The summed E-state index contributed by atoms with van der Waals surface area (Å²) in [6, 6.07) is 0. The first-order chi connectivity index (χ1) is 23.5. The van der Waals surface area contributed by atoms with Crippen molar-refractivity contribution in [1.82, 2.24) is 0 Å². The third-order valence-corrected chi connectivity index (χ3v) is 5.74. The summed E-state index contributed by atoms with van der Waals surface area (Å²) in [5.74, 6) is -0.0823. The van der Waals surface area contributed by atoms with E-state index in [1.54, 1.807) is 0 Å². The molecule has 4 atom stereocenters. The molecule has 292 valence electrons. The van der Waals surface area contributed by atoms with E-state index in [4.69, 9.17) is 52.6 Å². The van der Waals surface area contributed by atoms with Crippen molar-refractivity contribution in [3.8, 4) is 0 Å². The Bertz CT molecular complexity index is 860. The van der Waals surface area contributed by atoms with Gasteiger partial charge < -0.3 is 18.9 Å². The van der Waals surface area contributed by atoms with Gasteiger partial charge in [0.25, 0.3) is 0 Å². The molecule has 16 heteroatoms. The normalized spacial score (nSPS) is 10.3. The lowest BCUT2D eigenvalue weighted by Crippen LogP contribution is -2.14. The minimum Gasteiger partial charge on any atom is -0.469 e. The Balaban J connectivity index is -0.0000000709. The molecule has 0 unspecified atom stereocenters. The van der Waals surface area contributed by atoms with E-state index in [0.717, 1.165) is 44.9 Å². The largest absolute Gasteiger partial charge is 0.469 e. The number of carbonyl (C=O) groups is 4. The van der Waals surface area contributed by atoms with Crippen molar-refractivity contribution in [1.29, 1.82) is 0 Å². The van der Waals surface area contributed by atoms with Gasteiger partial charge in [-0.2, -0.15) is 38.4 Å². The fourth-order valence-corrected chi connectivity index (χ4v) is 1.96. The Labute approximate surface area is 296 Å². The van der Waals surface area contributed by atoms with Gasteiger partial charge in [-0.1, -0.05) is 75.7 Å². The molecule has 0 radical (unpaired) electrons. The quantitative estimate of drug-likeness (QED) is 0.132. The van der Waals surface area contributed by atoms with E-state index in [2.05, 4.69) is 11.7 Å². The lowest BCUT2D eigenvalue weighted by Gasteiger charge is -2.07. The van der Waals surface area contributed by atoms with Crippen LogP contribution in [-0.2, 0) is 76.5 Å². The van der Waals surface area contributed by atoms with Crippen LogP contribution < -0.4 is 0 Å². The van der Waals surface area contributed by atoms with Crippen molar-refractivity contribution in [2.24, 2.45) is 23.7 Å². The van der Waals surface area contributed by atoms with Gasteiger partial charge in [-0.05, 0) is 45.4 Å². The topological polar surface area (TPSA) is 242 Å². The second kappa shape index (κ2) is 59.8. The van der Waals surface area contributed by atoms with Crippen LogP contribution >= 0.6 is 0 Å². The third kappa shape index (κ3) is 69.9. The molecule has 0 fully saturated rings. The van der Waals surface area contributed by atoms with Crippen molar-refractivity contribution >= 4 is 48.5 Å². The average molecular weight is 725 g/mol. The molecule has 0 saturated heterocycles. The number of hydrogen-bond acceptors (Lipinski definition) is 16. The van der Waals surface area contributed by atoms with Gasteiger partial charge >= 0.3 is 48.5 Å². The number of carbonyl (C=O) groups excluding carboxylic acids is 12. The molecule has 0 rings (SSSR count). The molecule has 0 aliphatic rings. The molecule has 50 heavy (non-hydrogen) atoms. The van der Waals surface area contributed by atoms with E-state index >= 15 is 0 Å². The van der Waals surface area contributed by atoms with Crippen LogP contribution in [0.2, 0.25) is 0 Å². The van der Waals surface area contributed by atoms with Gasteiger partial charge in [0.05, 0.1) is 50.6 Å². The summed E-state index contributed by atoms with van der Waals surface area (Å²) < 4.78 is 19.1. The minimum absolute atomic E-state index is 0.0547. The monoisotopic (exact) mass is 724 g/mol. The van der Waals surface area contributed by atoms with Gasteiger partial charge in [0, 0.05) is 0 Å². The predicted octanol–water partition coefficient (Wildman–Crippen LogP) is 4.83. The van der Waals surface area contributed by atoms with E-state index in [0.29, 0.717) is 19.8 Å². The molecule has 0 spiro atoms. The molecule has 16 nitrogen and oxygen atoms in total. The highest BCUT2D eigenvalue weighted by atomic mass is 16.5. The zero-order valence-electron chi connectivity index (χ0n) is 31.9. The number of methoxy groups -OCH3 is 1. The Morgan fingerprint density at radius 3 is 0.900 bits per heavy atom. The lowest BCUT2D eigenvalue weighted by molar-refractivity contribution is -0.193. The number of ether oxygens (including phenoxy) is 4. The van der Waals surface area contributed by atoms with Crippen LogP contribution in [0.5, 0.6) is 0 Å². The second-order valence-electron chi connectivity index (χ2n) is 9.53. The van der Waals surface area contributed by atoms with Crippen LogP contribution in [-0.4, -0.2) is 75.4 Å². The van der Waals surface area contributed by atoms with Gasteiger partial charge in [0.2, 0.25) is 0 Å². The third-order valence-electron chi connectivity index (χ3n) is 5.74. The second-order valence-corrected chi connectivity index (χ2v) is 9.53. The Morgan fingerprint density at radius 2 is 0.700 bits per heavy atom. The minimum atomic E-state index is -0.118. The molecule has 0 aromatic heterocycles. The first kappa shape index (κ1) is 64.0. The molecule has 0 aromatic carbocycles. The van der Waals surface area contributed by atoms with Crippen LogP contribution in [0.3, 0.4) is 0 Å². The van der Waals surface area contributed by atoms with Gasteiger partial charge in [0.15, 0.2) is 0 Å². The fourth-order valence-electron chi connectivity index (χ4n) is 1.96. The van der Waals surface area contributed by atoms with Gasteiger partial charge in [-0.15, -0.1) is 0 Å². The SMILES string of the molecule is CCCCOC(=O)[C@H](C)CC.CCCOC(=O)[C@H](C)CC.CCOC(=O)[C@H](C)CC.CC[C@@H](C)C(=O)OC.O=C=O.O=C=O.O=C=O.O=C=O. The molecule has 0 bridgehead atoms. The van der Waals surface area contributed by atoms with Crippen LogP contribution in [0.4, 0.5) is 0 Å². The number of unbranched alkanes of at least 4 members (excludes halogenated alkanes) is 1. The first-order valence-corrected chi connectivity index (χ1v) is 16.1. The van der Waals surface area contributed by atoms with E-state index in [9.17, 15) is 19.2 Å². The Morgan fingerprint density at radius 1 is 0.440 bits per heavy atom. The summed E-state index contributed by atoms with van der Waals surface area (Å²) >= 11 is 0. The van der Waals surface area contributed by atoms with Crippen LogP contribution in [0.25, 0.3) is 0 Å². The van der Waals surface area contributed by atoms with E-state index < -0.39 is 0 Å². The smallest absolute Gasteiger partial charge is 0.373 e. The lowest BCUT2D eigenvalue weighted by atomic mass is 10.1. The van der Waals surface area contributed by atoms with Crippen molar-refractivity contribution in [2.45, 2.75) is 121 Å². The van der Waals surface area contributed by atoms with E-state index in [1.165, 1.54) is 7.11 Å². The zero-order chi connectivity index (χ0) is 41.3. The molecule has 0 heterocycles. The van der Waals surface area contributed by atoms with Crippen LogP contribution in [0.15, 0.2) is 0 Å². The van der Waals surface area contributed by atoms with Crippen molar-refractivity contribution < 1.29 is 76.5 Å². The maximum absolute atomic E-state index is 11.0. The fraction of sp³-hybridized carbons (Fsp3) is 0.765. The molecule has 0 saturated carbocycles. The summed E-state index contributed by atoms with van der Waals surface area (Å²) in [5, 5.41) is 0. The van der Waals surface area contributed by atoms with E-state index in [-0.39, 0.29) is 72.2 Å². The van der Waals surface area contributed by atoms with Gasteiger partial charge in [-0.3, -0.25) is 19.2 Å². The molecular formula is C34H60O16. The standard InChI is InChI=1S/C9H18O2.C8H16O2.C7H14O2.C6H12O2.4CO2/c1-4-6-7-11-9(10)8(3)5-2;1-4-6-10-8(9)7(3)5-2;1-4-6(3)7(8)9-5-2;1-4-5(2)6(7)8-3;4*2-1-3/h8H,4-7H2,1-3H3;7H,4-6H2,1-3H3;6H,4-5H2,1-3H3;5H,4H2,1-3H3;;;;/t8-;7-;6-;5-;;;;/m1111..../s1. The number of rotatable bonds is 14. The highest BCUT2D eigenvalue weighted by Gasteiger charge is 2.11. The molecule has 0 amide bonds. The summed E-state index contributed by atoms with van der Waals surface area (Å²) in [6.45, 7) is 22.9. The predicted molar refractivity (Wildman–Crippen MR) is 174 cm³/mol. The maximum Gasteiger partial charge on any atom is 0.373 e.